The van der Waals surface area contributed by atoms with Crippen LogP contribution in [0.1, 0.15) is 32.8 Å². The molecule has 0 saturated carbocycles. The van der Waals surface area contributed by atoms with Crippen molar-refractivity contribution in [1.29, 1.82) is 0 Å². The van der Waals surface area contributed by atoms with Gasteiger partial charge < -0.3 is 5.32 Å². The highest BCUT2D eigenvalue weighted by molar-refractivity contribution is 6.20. The van der Waals surface area contributed by atoms with Crippen molar-refractivity contribution < 1.29 is 0 Å². The monoisotopic (exact) mass is 243 g/mol. The fourth-order valence-corrected chi connectivity index (χ4v) is 2.24. The normalized spacial score (nSPS) is 14.1. The lowest BCUT2D eigenvalue weighted by atomic mass is 9.90. The highest BCUT2D eigenvalue weighted by Gasteiger charge is 2.16. The van der Waals surface area contributed by atoms with Crippen LogP contribution in [0.15, 0.2) is 12.4 Å². The van der Waals surface area contributed by atoms with Crippen LogP contribution in [0.2, 0.25) is 0 Å². The summed E-state index contributed by atoms with van der Waals surface area (Å²) in [7, 11) is 1.92. The maximum atomic E-state index is 6.25. The van der Waals surface area contributed by atoms with E-state index < -0.39 is 0 Å². The van der Waals surface area contributed by atoms with Crippen LogP contribution in [0.4, 0.5) is 0 Å². The first-order valence-corrected chi connectivity index (χ1v) is 6.13. The second-order valence-corrected chi connectivity index (χ2v) is 6.13. The second kappa shape index (κ2) is 5.69. The van der Waals surface area contributed by atoms with Crippen LogP contribution in [0, 0.1) is 5.41 Å². The van der Waals surface area contributed by atoms with Crippen molar-refractivity contribution in [3.8, 4) is 0 Å². The summed E-state index contributed by atoms with van der Waals surface area (Å²) in [5, 5.41) is 7.66. The first-order chi connectivity index (χ1) is 7.37. The van der Waals surface area contributed by atoms with E-state index in [1.165, 1.54) is 5.56 Å². The third-order valence-corrected chi connectivity index (χ3v) is 2.60. The number of hydrogen-bond acceptors (Lipinski definition) is 2. The zero-order valence-corrected chi connectivity index (χ0v) is 11.4. The van der Waals surface area contributed by atoms with Crippen molar-refractivity contribution in [2.45, 2.75) is 39.1 Å². The zero-order chi connectivity index (χ0) is 12.2. The topological polar surface area (TPSA) is 29.9 Å². The molecule has 0 aromatic carbocycles. The summed E-state index contributed by atoms with van der Waals surface area (Å²) >= 11 is 6.25. The van der Waals surface area contributed by atoms with Crippen LogP contribution in [0.25, 0.3) is 0 Å². The number of aryl methyl sites for hydroxylation is 1. The van der Waals surface area contributed by atoms with Gasteiger partial charge in [-0.2, -0.15) is 5.10 Å². The molecule has 1 atom stereocenters. The molecule has 0 fully saturated rings. The van der Waals surface area contributed by atoms with Gasteiger partial charge in [-0.3, -0.25) is 4.68 Å². The van der Waals surface area contributed by atoms with Crippen LogP contribution in [0.5, 0.6) is 0 Å². The van der Waals surface area contributed by atoms with Crippen molar-refractivity contribution in [3.05, 3.63) is 18.0 Å². The molecule has 3 nitrogen and oxygen atoms in total. The predicted octanol–water partition coefficient (Wildman–Crippen LogP) is 2.55. The molecule has 92 valence electrons. The highest BCUT2D eigenvalue weighted by Crippen LogP contribution is 2.23. The van der Waals surface area contributed by atoms with E-state index in [2.05, 4.69) is 31.2 Å². The van der Waals surface area contributed by atoms with Gasteiger partial charge in [-0.1, -0.05) is 20.8 Å². The molecule has 1 aromatic heterocycles. The van der Waals surface area contributed by atoms with Gasteiger partial charge in [0.1, 0.15) is 0 Å². The third kappa shape index (κ3) is 5.52. The minimum Gasteiger partial charge on any atom is -0.311 e. The average molecular weight is 244 g/mol. The molecule has 0 amide bonds. The lowest BCUT2D eigenvalue weighted by molar-refractivity contribution is 0.364. The van der Waals surface area contributed by atoms with Crippen molar-refractivity contribution >= 4 is 11.6 Å². The quantitative estimate of drug-likeness (QED) is 0.806. The minimum atomic E-state index is 0.191. The molecule has 0 aliphatic carbocycles. The van der Waals surface area contributed by atoms with E-state index in [9.17, 15) is 0 Å². The van der Waals surface area contributed by atoms with Gasteiger partial charge in [-0.05, 0) is 11.8 Å². The summed E-state index contributed by atoms with van der Waals surface area (Å²) in [6, 6.07) is 0. The first-order valence-electron chi connectivity index (χ1n) is 5.69. The van der Waals surface area contributed by atoms with Crippen LogP contribution < -0.4 is 5.32 Å². The van der Waals surface area contributed by atoms with E-state index in [0.717, 1.165) is 19.5 Å². The zero-order valence-electron chi connectivity index (χ0n) is 10.6. The molecule has 4 heteroatoms. The van der Waals surface area contributed by atoms with Crippen LogP contribution in [-0.2, 0) is 13.6 Å². The maximum Gasteiger partial charge on any atom is 0.0534 e. The molecule has 0 radical (unpaired) electrons. The maximum absolute atomic E-state index is 6.25. The number of nitrogens with zero attached hydrogens (tertiary/aromatic N) is 2. The lowest BCUT2D eigenvalue weighted by Crippen LogP contribution is -2.26. The van der Waals surface area contributed by atoms with E-state index in [4.69, 9.17) is 11.6 Å². The van der Waals surface area contributed by atoms with E-state index >= 15 is 0 Å². The van der Waals surface area contributed by atoms with E-state index in [-0.39, 0.29) is 5.38 Å². The molecule has 0 spiro atoms. The Balaban J connectivity index is 2.20. The van der Waals surface area contributed by atoms with Gasteiger partial charge in [0.15, 0.2) is 0 Å². The van der Waals surface area contributed by atoms with Gasteiger partial charge in [0.25, 0.3) is 0 Å². The van der Waals surface area contributed by atoms with E-state index in [1.54, 1.807) is 0 Å². The summed E-state index contributed by atoms with van der Waals surface area (Å²) < 4.78 is 1.81. The number of rotatable bonds is 5. The van der Waals surface area contributed by atoms with Gasteiger partial charge in [0.2, 0.25) is 0 Å². The molecular formula is C12H22ClN3. The summed E-state index contributed by atoms with van der Waals surface area (Å²) in [5.74, 6) is 0. The van der Waals surface area contributed by atoms with Crippen molar-refractivity contribution in [2.24, 2.45) is 12.5 Å². The van der Waals surface area contributed by atoms with Crippen LogP contribution >= 0.6 is 11.6 Å². The SMILES string of the molecule is Cn1cc(CNCC(Cl)CC(C)(C)C)cn1. The summed E-state index contributed by atoms with van der Waals surface area (Å²) in [6.07, 6.45) is 4.91. The van der Waals surface area contributed by atoms with Crippen molar-refractivity contribution in [2.75, 3.05) is 6.54 Å². The lowest BCUT2D eigenvalue weighted by Gasteiger charge is -2.21. The fraction of sp³-hybridized carbons (Fsp3) is 0.750. The molecule has 1 unspecified atom stereocenters. The first kappa shape index (κ1) is 13.5. The van der Waals surface area contributed by atoms with Crippen LogP contribution in [0.3, 0.4) is 0 Å². The van der Waals surface area contributed by atoms with Crippen molar-refractivity contribution in [3.63, 3.8) is 0 Å². The Bertz CT molecular complexity index is 314. The Labute approximate surface area is 103 Å². The number of aromatic nitrogens is 2. The van der Waals surface area contributed by atoms with Gasteiger partial charge in [-0.15, -0.1) is 11.6 Å². The minimum absolute atomic E-state index is 0.191. The number of nitrogens with one attached hydrogen (secondary N) is 1. The molecule has 16 heavy (non-hydrogen) atoms. The van der Waals surface area contributed by atoms with Gasteiger partial charge >= 0.3 is 0 Å². The van der Waals surface area contributed by atoms with Gasteiger partial charge in [0.05, 0.1) is 6.20 Å². The predicted molar refractivity (Wildman–Crippen MR) is 68.6 cm³/mol. The molecule has 1 N–H and O–H groups in total. The van der Waals surface area contributed by atoms with E-state index in [0.29, 0.717) is 5.41 Å². The number of alkyl halides is 1. The molecule has 0 aliphatic rings. The Kier molecular flexibility index (Phi) is 4.81. The highest BCUT2D eigenvalue weighted by atomic mass is 35.5. The molecule has 1 rings (SSSR count). The molecule has 1 aromatic rings. The molecule has 1 heterocycles. The summed E-state index contributed by atoms with van der Waals surface area (Å²) in [4.78, 5) is 0. The number of halogens is 1. The Morgan fingerprint density at radius 3 is 2.69 bits per heavy atom. The van der Waals surface area contributed by atoms with Gasteiger partial charge in [-0.25, -0.2) is 0 Å². The smallest absolute Gasteiger partial charge is 0.0534 e. The third-order valence-electron chi connectivity index (χ3n) is 2.29. The van der Waals surface area contributed by atoms with Crippen molar-refractivity contribution in [1.82, 2.24) is 15.1 Å². The molecule has 0 saturated heterocycles. The Hall–Kier alpha value is -0.540. The summed E-state index contributed by atoms with van der Waals surface area (Å²) in [5.41, 5.74) is 1.49. The standard InChI is InChI=1S/C12H22ClN3/c1-12(2,3)5-11(13)8-14-6-10-7-15-16(4)9-10/h7,9,11,14H,5-6,8H2,1-4H3. The average Bonchev–Trinajstić information content (AvgIpc) is 2.48. The largest absolute Gasteiger partial charge is 0.311 e. The fourth-order valence-electron chi connectivity index (χ4n) is 1.67. The summed E-state index contributed by atoms with van der Waals surface area (Å²) in [6.45, 7) is 8.31. The number of hydrogen-bond donors (Lipinski definition) is 1. The molecular weight excluding hydrogens is 222 g/mol. The second-order valence-electron chi connectivity index (χ2n) is 5.52. The Morgan fingerprint density at radius 1 is 1.50 bits per heavy atom. The van der Waals surface area contributed by atoms with Crippen LogP contribution in [-0.4, -0.2) is 21.7 Å². The van der Waals surface area contributed by atoms with Gasteiger partial charge in [0, 0.05) is 37.3 Å². The molecule has 0 aliphatic heterocycles. The Morgan fingerprint density at radius 2 is 2.19 bits per heavy atom. The molecule has 0 bridgehead atoms. The van der Waals surface area contributed by atoms with E-state index in [1.807, 2.05) is 24.1 Å².